The van der Waals surface area contributed by atoms with Crippen LogP contribution < -0.4 is 10.1 Å². The van der Waals surface area contributed by atoms with Crippen molar-refractivity contribution in [2.45, 2.75) is 33.7 Å². The molecule has 0 unspecified atom stereocenters. The van der Waals surface area contributed by atoms with Gasteiger partial charge in [-0.1, -0.05) is 6.92 Å². The van der Waals surface area contributed by atoms with Crippen molar-refractivity contribution in [3.8, 4) is 5.75 Å². The molecule has 0 amide bonds. The lowest BCUT2D eigenvalue weighted by Crippen LogP contribution is -2.16. The van der Waals surface area contributed by atoms with Gasteiger partial charge in [0.05, 0.1) is 17.9 Å². The third-order valence-electron chi connectivity index (χ3n) is 3.25. The van der Waals surface area contributed by atoms with Crippen molar-refractivity contribution in [3.05, 3.63) is 24.2 Å². The van der Waals surface area contributed by atoms with E-state index >= 15 is 0 Å². The van der Waals surface area contributed by atoms with Crippen molar-refractivity contribution in [3.63, 3.8) is 0 Å². The first-order valence-corrected chi connectivity index (χ1v) is 7.02. The van der Waals surface area contributed by atoms with E-state index in [0.717, 1.165) is 37.0 Å². The third-order valence-corrected chi connectivity index (χ3v) is 3.25. The molecule has 20 heavy (non-hydrogen) atoms. The van der Waals surface area contributed by atoms with Crippen molar-refractivity contribution in [2.24, 2.45) is 0 Å². The molecule has 2 aromatic heterocycles. The number of hydrogen-bond acceptors (Lipinski definition) is 4. The highest BCUT2D eigenvalue weighted by molar-refractivity contribution is 5.91. The number of hydrogen-bond donors (Lipinski definition) is 1. The average Bonchev–Trinajstić information content (AvgIpc) is 2.78. The van der Waals surface area contributed by atoms with Gasteiger partial charge in [0, 0.05) is 25.1 Å². The molecule has 0 bridgehead atoms. The van der Waals surface area contributed by atoms with Crippen LogP contribution in [0.3, 0.4) is 0 Å². The first kappa shape index (κ1) is 14.5. The van der Waals surface area contributed by atoms with Gasteiger partial charge in [-0.05, 0) is 32.0 Å². The summed E-state index contributed by atoms with van der Waals surface area (Å²) < 4.78 is 7.43. The Labute approximate surface area is 118 Å². The molecule has 0 saturated carbocycles. The van der Waals surface area contributed by atoms with Crippen LogP contribution in [0.25, 0.3) is 10.9 Å². The molecular weight excluding hydrogens is 254 g/mol. The average molecular weight is 275 g/mol. The van der Waals surface area contributed by atoms with Crippen LogP contribution >= 0.6 is 0 Å². The topological polar surface area (TPSA) is 56.1 Å². The molecule has 5 nitrogen and oxygen atoms in total. The Hall–Kier alpha value is -1.88. The molecule has 108 valence electrons. The first-order chi connectivity index (χ1) is 9.67. The number of aromatic nitrogens is 2. The van der Waals surface area contributed by atoms with Crippen LogP contribution in [0.2, 0.25) is 0 Å². The molecule has 0 atom stereocenters. The molecule has 0 aliphatic carbocycles. The highest BCUT2D eigenvalue weighted by Gasteiger charge is 2.14. The monoisotopic (exact) mass is 275 g/mol. The largest absolute Gasteiger partial charge is 0.424 e. The van der Waals surface area contributed by atoms with Crippen LogP contribution in [-0.2, 0) is 17.8 Å². The third kappa shape index (κ3) is 2.99. The molecule has 0 aliphatic rings. The van der Waals surface area contributed by atoms with E-state index in [-0.39, 0.29) is 5.97 Å². The van der Waals surface area contributed by atoms with E-state index in [4.69, 9.17) is 4.74 Å². The zero-order chi connectivity index (χ0) is 14.5. The number of nitrogens with one attached hydrogen (secondary N) is 1. The van der Waals surface area contributed by atoms with Crippen LogP contribution in [0.4, 0.5) is 0 Å². The number of pyridine rings is 1. The highest BCUT2D eigenvalue weighted by atomic mass is 16.5. The summed E-state index contributed by atoms with van der Waals surface area (Å²) in [6.07, 6.45) is 6.45. The Morgan fingerprint density at radius 1 is 1.40 bits per heavy atom. The van der Waals surface area contributed by atoms with Gasteiger partial charge in [0.1, 0.15) is 0 Å². The van der Waals surface area contributed by atoms with Crippen LogP contribution in [0.15, 0.2) is 18.6 Å². The summed E-state index contributed by atoms with van der Waals surface area (Å²) in [5.41, 5.74) is 2.19. The number of rotatable bonds is 6. The summed E-state index contributed by atoms with van der Waals surface area (Å²) >= 11 is 0. The van der Waals surface area contributed by atoms with Gasteiger partial charge in [-0.3, -0.25) is 9.78 Å². The second-order valence-corrected chi connectivity index (χ2v) is 4.67. The van der Waals surface area contributed by atoms with Gasteiger partial charge >= 0.3 is 5.97 Å². The molecule has 0 radical (unpaired) electrons. The summed E-state index contributed by atoms with van der Waals surface area (Å²) in [6.45, 7) is 8.30. The number of carbonyl (C=O) groups is 1. The second-order valence-electron chi connectivity index (χ2n) is 4.67. The Morgan fingerprint density at radius 2 is 2.20 bits per heavy atom. The SMILES string of the molecule is CCNCCc1cn(CC)c2cncc(OC(C)=O)c12. The van der Waals surface area contributed by atoms with Gasteiger partial charge in [0.2, 0.25) is 0 Å². The molecule has 1 N–H and O–H groups in total. The number of nitrogens with zero attached hydrogens (tertiary/aromatic N) is 2. The van der Waals surface area contributed by atoms with Crippen molar-refractivity contribution < 1.29 is 9.53 Å². The maximum atomic E-state index is 11.2. The summed E-state index contributed by atoms with van der Waals surface area (Å²) in [6, 6.07) is 0. The standard InChI is InChI=1S/C15H21N3O2/c1-4-16-7-6-12-10-18(5-2)13-8-17-9-14(15(12)13)20-11(3)19/h8-10,16H,4-7H2,1-3H3. The number of esters is 1. The van der Waals surface area contributed by atoms with Crippen molar-refractivity contribution in [2.75, 3.05) is 13.1 Å². The van der Waals surface area contributed by atoms with Gasteiger partial charge in [0.15, 0.2) is 5.75 Å². The molecule has 2 rings (SSSR count). The van der Waals surface area contributed by atoms with Gasteiger partial charge in [-0.2, -0.15) is 0 Å². The molecule has 2 aromatic rings. The van der Waals surface area contributed by atoms with Crippen molar-refractivity contribution >= 4 is 16.9 Å². The number of carbonyl (C=O) groups excluding carboxylic acids is 1. The highest BCUT2D eigenvalue weighted by Crippen LogP contribution is 2.30. The van der Waals surface area contributed by atoms with Crippen LogP contribution in [0.5, 0.6) is 5.75 Å². The second kappa shape index (κ2) is 6.52. The van der Waals surface area contributed by atoms with E-state index in [0.29, 0.717) is 5.75 Å². The lowest BCUT2D eigenvalue weighted by atomic mass is 10.1. The lowest BCUT2D eigenvalue weighted by molar-refractivity contribution is -0.131. The molecule has 0 spiro atoms. The number of ether oxygens (including phenoxy) is 1. The fourth-order valence-corrected chi connectivity index (χ4v) is 2.38. The number of fused-ring (bicyclic) bond motifs is 1. The fourth-order valence-electron chi connectivity index (χ4n) is 2.38. The molecule has 2 heterocycles. The quantitative estimate of drug-likeness (QED) is 0.648. The zero-order valence-electron chi connectivity index (χ0n) is 12.3. The van der Waals surface area contributed by atoms with Gasteiger partial charge in [-0.15, -0.1) is 0 Å². The summed E-state index contributed by atoms with van der Waals surface area (Å²) in [5, 5.41) is 4.31. The minimum absolute atomic E-state index is 0.318. The minimum atomic E-state index is -0.318. The lowest BCUT2D eigenvalue weighted by Gasteiger charge is -2.06. The predicted molar refractivity (Wildman–Crippen MR) is 79.0 cm³/mol. The molecule has 0 aromatic carbocycles. The Morgan fingerprint density at radius 3 is 2.85 bits per heavy atom. The van der Waals surface area contributed by atoms with Crippen LogP contribution in [0, 0.1) is 0 Å². The van der Waals surface area contributed by atoms with Crippen LogP contribution in [0.1, 0.15) is 26.3 Å². The van der Waals surface area contributed by atoms with Crippen LogP contribution in [-0.4, -0.2) is 28.6 Å². The maximum absolute atomic E-state index is 11.2. The number of aryl methyl sites for hydroxylation is 1. The van der Waals surface area contributed by atoms with E-state index < -0.39 is 0 Å². The zero-order valence-corrected chi connectivity index (χ0v) is 12.3. The van der Waals surface area contributed by atoms with Crippen molar-refractivity contribution in [1.29, 1.82) is 0 Å². The van der Waals surface area contributed by atoms with Crippen molar-refractivity contribution in [1.82, 2.24) is 14.9 Å². The van der Waals surface area contributed by atoms with Gasteiger partial charge in [0.25, 0.3) is 0 Å². The fraction of sp³-hybridized carbons (Fsp3) is 0.467. The number of likely N-dealkylation sites (N-methyl/N-ethyl adjacent to an activating group) is 1. The smallest absolute Gasteiger partial charge is 0.308 e. The van der Waals surface area contributed by atoms with Gasteiger partial charge in [-0.25, -0.2) is 0 Å². The Kier molecular flexibility index (Phi) is 4.74. The predicted octanol–water partition coefficient (Wildman–Crippen LogP) is 2.13. The van der Waals surface area contributed by atoms with E-state index in [1.54, 1.807) is 6.20 Å². The van der Waals surface area contributed by atoms with E-state index in [9.17, 15) is 4.79 Å². The Balaban J connectivity index is 2.46. The minimum Gasteiger partial charge on any atom is -0.424 e. The normalized spacial score (nSPS) is 10.9. The molecule has 0 fully saturated rings. The summed E-state index contributed by atoms with van der Waals surface area (Å²) in [7, 11) is 0. The van der Waals surface area contributed by atoms with Gasteiger partial charge < -0.3 is 14.6 Å². The molecule has 5 heteroatoms. The Bertz CT molecular complexity index is 604. The molecule has 0 saturated heterocycles. The first-order valence-electron chi connectivity index (χ1n) is 7.02. The summed E-state index contributed by atoms with van der Waals surface area (Å²) in [5.74, 6) is 0.231. The van der Waals surface area contributed by atoms with E-state index in [1.165, 1.54) is 12.5 Å². The summed E-state index contributed by atoms with van der Waals surface area (Å²) in [4.78, 5) is 15.4. The maximum Gasteiger partial charge on any atom is 0.308 e. The molecule has 0 aliphatic heterocycles. The molecular formula is C15H21N3O2. The van der Waals surface area contributed by atoms with E-state index in [2.05, 4.69) is 34.9 Å². The van der Waals surface area contributed by atoms with E-state index in [1.807, 2.05) is 6.20 Å².